The van der Waals surface area contributed by atoms with Gasteiger partial charge < -0.3 is 19.5 Å². The topological polar surface area (TPSA) is 76.1 Å². The largest absolute Gasteiger partial charge is 0.493 e. The maximum Gasteiger partial charge on any atom is 0.387 e. The van der Waals surface area contributed by atoms with Gasteiger partial charge in [0.05, 0.1) is 19.1 Å². The Labute approximate surface area is 154 Å². The lowest BCUT2D eigenvalue weighted by molar-refractivity contribution is -0.129. The lowest BCUT2D eigenvalue weighted by Crippen LogP contribution is -2.27. The number of methoxy groups -OCH3 is 1. The van der Waals surface area contributed by atoms with Gasteiger partial charge in [-0.3, -0.25) is 4.79 Å². The molecule has 27 heavy (non-hydrogen) atoms. The third-order valence-corrected chi connectivity index (χ3v) is 3.82. The Morgan fingerprint density at radius 2 is 1.85 bits per heavy atom. The summed E-state index contributed by atoms with van der Waals surface area (Å²) in [6, 6.07) is 10.6. The van der Waals surface area contributed by atoms with E-state index < -0.39 is 12.6 Å². The molecule has 0 aliphatic heterocycles. The van der Waals surface area contributed by atoms with Crippen LogP contribution in [0.15, 0.2) is 42.5 Å². The lowest BCUT2D eigenvalue weighted by Gasteiger charge is -2.19. The van der Waals surface area contributed by atoms with E-state index in [0.29, 0.717) is 11.1 Å². The van der Waals surface area contributed by atoms with Crippen LogP contribution in [0.25, 0.3) is 0 Å². The standard InChI is InChI=1S/C19H19F2NO5/c1-22(17(23)10-12-4-3-5-14(8-12)18(24)25)11-13-6-7-15(26-2)16(9-13)27-19(20)21/h3-9,19H,10-11H2,1-2H3,(H,24,25). The molecule has 2 aromatic carbocycles. The zero-order valence-corrected chi connectivity index (χ0v) is 14.8. The highest BCUT2D eigenvalue weighted by atomic mass is 19.3. The summed E-state index contributed by atoms with van der Waals surface area (Å²) < 4.78 is 34.4. The smallest absolute Gasteiger partial charge is 0.387 e. The summed E-state index contributed by atoms with van der Waals surface area (Å²) in [6.07, 6.45) is 0.0220. The summed E-state index contributed by atoms with van der Waals surface area (Å²) in [5, 5.41) is 9.01. The first kappa shape index (κ1) is 20.2. The van der Waals surface area contributed by atoms with Crippen LogP contribution >= 0.6 is 0 Å². The molecule has 0 radical (unpaired) electrons. The van der Waals surface area contributed by atoms with Gasteiger partial charge in [-0.1, -0.05) is 18.2 Å². The molecule has 0 atom stereocenters. The van der Waals surface area contributed by atoms with Crippen molar-refractivity contribution >= 4 is 11.9 Å². The molecule has 1 amide bonds. The first-order valence-electron chi connectivity index (χ1n) is 7.98. The van der Waals surface area contributed by atoms with Crippen molar-refractivity contribution in [3.05, 3.63) is 59.2 Å². The van der Waals surface area contributed by atoms with E-state index in [-0.39, 0.29) is 35.9 Å². The molecule has 0 unspecified atom stereocenters. The van der Waals surface area contributed by atoms with Gasteiger partial charge in [-0.25, -0.2) is 4.79 Å². The number of hydrogen-bond donors (Lipinski definition) is 1. The molecule has 0 saturated carbocycles. The number of alkyl halides is 2. The first-order valence-corrected chi connectivity index (χ1v) is 7.98. The van der Waals surface area contributed by atoms with Gasteiger partial charge in [0.1, 0.15) is 0 Å². The van der Waals surface area contributed by atoms with Gasteiger partial charge in [0.25, 0.3) is 0 Å². The number of benzene rings is 2. The molecule has 0 aliphatic rings. The van der Waals surface area contributed by atoms with Crippen LogP contribution < -0.4 is 9.47 Å². The molecule has 0 heterocycles. The SMILES string of the molecule is COc1ccc(CN(C)C(=O)Cc2cccc(C(=O)O)c2)cc1OC(F)F. The highest BCUT2D eigenvalue weighted by molar-refractivity contribution is 5.88. The second kappa shape index (κ2) is 8.98. The van der Waals surface area contributed by atoms with Crippen LogP contribution in [0.3, 0.4) is 0 Å². The molecule has 0 spiro atoms. The number of ether oxygens (including phenoxy) is 2. The Bertz CT molecular complexity index is 825. The fourth-order valence-electron chi connectivity index (χ4n) is 2.49. The maximum atomic E-state index is 12.5. The summed E-state index contributed by atoms with van der Waals surface area (Å²) in [6.45, 7) is -2.82. The Morgan fingerprint density at radius 3 is 2.48 bits per heavy atom. The number of carboxylic acids is 1. The summed E-state index contributed by atoms with van der Waals surface area (Å²) in [7, 11) is 2.91. The molecule has 6 nitrogen and oxygen atoms in total. The van der Waals surface area contributed by atoms with Crippen LogP contribution in [0.1, 0.15) is 21.5 Å². The van der Waals surface area contributed by atoms with Crippen LogP contribution in [0.2, 0.25) is 0 Å². The van der Waals surface area contributed by atoms with Crippen LogP contribution in [-0.2, 0) is 17.8 Å². The van der Waals surface area contributed by atoms with E-state index in [2.05, 4.69) is 4.74 Å². The molecule has 0 aromatic heterocycles. The molecule has 0 aliphatic carbocycles. The van der Waals surface area contributed by atoms with E-state index in [1.54, 1.807) is 25.2 Å². The summed E-state index contributed by atoms with van der Waals surface area (Å²) in [4.78, 5) is 24.8. The van der Waals surface area contributed by atoms with Gasteiger partial charge in [-0.05, 0) is 35.4 Å². The summed E-state index contributed by atoms with van der Waals surface area (Å²) >= 11 is 0. The molecule has 144 valence electrons. The van der Waals surface area contributed by atoms with Crippen molar-refractivity contribution in [2.24, 2.45) is 0 Å². The van der Waals surface area contributed by atoms with Crippen LogP contribution in [0.4, 0.5) is 8.78 Å². The molecule has 8 heteroatoms. The predicted octanol–water partition coefficient (Wildman–Crippen LogP) is 3.20. The average Bonchev–Trinajstić information content (AvgIpc) is 2.61. The monoisotopic (exact) mass is 379 g/mol. The molecule has 0 fully saturated rings. The highest BCUT2D eigenvalue weighted by Gasteiger charge is 2.15. The number of carbonyl (C=O) groups excluding carboxylic acids is 1. The number of likely N-dealkylation sites (N-methyl/N-ethyl adjacent to an activating group) is 1. The summed E-state index contributed by atoms with van der Waals surface area (Å²) in [5.74, 6) is -1.26. The van der Waals surface area contributed by atoms with E-state index >= 15 is 0 Å². The molecule has 2 aromatic rings. The second-order valence-electron chi connectivity index (χ2n) is 5.80. The average molecular weight is 379 g/mol. The van der Waals surface area contributed by atoms with E-state index in [1.165, 1.54) is 36.3 Å². The Hall–Kier alpha value is -3.16. The minimum Gasteiger partial charge on any atom is -0.493 e. The predicted molar refractivity (Wildman–Crippen MR) is 93.2 cm³/mol. The van der Waals surface area contributed by atoms with Crippen molar-refractivity contribution < 1.29 is 33.0 Å². The molecular weight excluding hydrogens is 360 g/mol. The quantitative estimate of drug-likeness (QED) is 0.762. The van der Waals surface area contributed by atoms with Crippen molar-refractivity contribution in [1.82, 2.24) is 4.90 Å². The van der Waals surface area contributed by atoms with Crippen LogP contribution in [0.5, 0.6) is 11.5 Å². The van der Waals surface area contributed by atoms with Crippen molar-refractivity contribution in [1.29, 1.82) is 0 Å². The van der Waals surface area contributed by atoms with E-state index in [9.17, 15) is 18.4 Å². The van der Waals surface area contributed by atoms with Crippen molar-refractivity contribution in [2.75, 3.05) is 14.2 Å². The van der Waals surface area contributed by atoms with Crippen molar-refractivity contribution in [3.8, 4) is 11.5 Å². The van der Waals surface area contributed by atoms with Gasteiger partial charge in [0.15, 0.2) is 11.5 Å². The lowest BCUT2D eigenvalue weighted by atomic mass is 10.1. The van der Waals surface area contributed by atoms with Crippen molar-refractivity contribution in [3.63, 3.8) is 0 Å². The van der Waals surface area contributed by atoms with Crippen LogP contribution in [-0.4, -0.2) is 42.7 Å². The Balaban J connectivity index is 2.07. The van der Waals surface area contributed by atoms with E-state index in [0.717, 1.165) is 0 Å². The molecule has 1 N–H and O–H groups in total. The number of aromatic carboxylic acids is 1. The van der Waals surface area contributed by atoms with Gasteiger partial charge in [-0.15, -0.1) is 0 Å². The number of carboxylic acid groups (broad SMARTS) is 1. The normalized spacial score (nSPS) is 10.6. The minimum atomic E-state index is -2.99. The van der Waals surface area contributed by atoms with E-state index in [4.69, 9.17) is 9.84 Å². The van der Waals surface area contributed by atoms with Gasteiger partial charge in [0, 0.05) is 13.6 Å². The first-order chi connectivity index (χ1) is 12.8. The molecule has 0 saturated heterocycles. The van der Waals surface area contributed by atoms with Crippen LogP contribution in [0, 0.1) is 0 Å². The number of nitrogens with zero attached hydrogens (tertiary/aromatic N) is 1. The third kappa shape index (κ3) is 5.67. The fourth-order valence-corrected chi connectivity index (χ4v) is 2.49. The second-order valence-corrected chi connectivity index (χ2v) is 5.80. The number of hydrogen-bond acceptors (Lipinski definition) is 4. The zero-order chi connectivity index (χ0) is 20.0. The third-order valence-electron chi connectivity index (χ3n) is 3.82. The van der Waals surface area contributed by atoms with Gasteiger partial charge in [-0.2, -0.15) is 8.78 Å². The molecular formula is C19H19F2NO5. The van der Waals surface area contributed by atoms with Crippen molar-refractivity contribution in [2.45, 2.75) is 19.6 Å². The Morgan fingerprint density at radius 1 is 1.11 bits per heavy atom. The van der Waals surface area contributed by atoms with Gasteiger partial charge >= 0.3 is 12.6 Å². The molecule has 2 rings (SSSR count). The Kier molecular flexibility index (Phi) is 6.70. The highest BCUT2D eigenvalue weighted by Crippen LogP contribution is 2.29. The summed E-state index contributed by atoms with van der Waals surface area (Å²) in [5.41, 5.74) is 1.26. The molecule has 0 bridgehead atoms. The van der Waals surface area contributed by atoms with Gasteiger partial charge in [0.2, 0.25) is 5.91 Å². The number of halogens is 2. The number of carbonyl (C=O) groups is 2. The van der Waals surface area contributed by atoms with E-state index in [1.807, 2.05) is 0 Å². The number of rotatable bonds is 8. The zero-order valence-electron chi connectivity index (χ0n) is 14.8. The maximum absolute atomic E-state index is 12.5. The number of amides is 1. The fraction of sp³-hybridized carbons (Fsp3) is 0.263. The minimum absolute atomic E-state index is 0.0220.